The van der Waals surface area contributed by atoms with Crippen LogP contribution >= 0.6 is 11.6 Å². The molecular weight excluding hydrogens is 596 g/mol. The zero-order valence-electron chi connectivity index (χ0n) is 24.1. The van der Waals surface area contributed by atoms with E-state index in [1.165, 1.54) is 6.07 Å². The van der Waals surface area contributed by atoms with Crippen molar-refractivity contribution in [2.45, 2.75) is 51.3 Å². The normalized spacial score (nSPS) is 17.2. The first kappa shape index (κ1) is 31.6. The van der Waals surface area contributed by atoms with E-state index in [9.17, 15) is 27.6 Å². The molecule has 10 heteroatoms. The molecule has 0 saturated carbocycles. The van der Waals surface area contributed by atoms with E-state index in [1.54, 1.807) is 18.2 Å². The Labute approximate surface area is 258 Å². The Morgan fingerprint density at radius 2 is 1.89 bits per heavy atom. The van der Waals surface area contributed by atoms with E-state index in [0.717, 1.165) is 29.7 Å². The zero-order valence-corrected chi connectivity index (χ0v) is 24.9. The molecule has 44 heavy (non-hydrogen) atoms. The molecule has 0 N–H and O–H groups in total. The summed E-state index contributed by atoms with van der Waals surface area (Å²) in [6.07, 6.45) is -2.36. The Bertz CT molecular complexity index is 1610. The van der Waals surface area contributed by atoms with Crippen LogP contribution in [0, 0.1) is 18.3 Å². The Hall–Kier alpha value is -3.87. The van der Waals surface area contributed by atoms with Gasteiger partial charge in [-0.3, -0.25) is 9.29 Å². The minimum absolute atomic E-state index is 0.0435. The quantitative estimate of drug-likeness (QED) is 0.144. The van der Waals surface area contributed by atoms with E-state index in [1.807, 2.05) is 43.3 Å². The average Bonchev–Trinajstić information content (AvgIpc) is 3.34. The third-order valence-corrected chi connectivity index (χ3v) is 8.22. The summed E-state index contributed by atoms with van der Waals surface area (Å²) in [4.78, 5) is 14.2. The Morgan fingerprint density at radius 3 is 2.57 bits per heavy atom. The fourth-order valence-corrected chi connectivity index (χ4v) is 6.26. The summed E-state index contributed by atoms with van der Waals surface area (Å²) >= 11 is 6.74. The van der Waals surface area contributed by atoms with Gasteiger partial charge in [0, 0.05) is 30.2 Å². The highest BCUT2D eigenvalue weighted by Crippen LogP contribution is 2.46. The van der Waals surface area contributed by atoms with Crippen molar-refractivity contribution >= 4 is 28.7 Å². The molecule has 0 aromatic heterocycles. The van der Waals surface area contributed by atoms with Gasteiger partial charge in [-0.15, -0.1) is 0 Å². The van der Waals surface area contributed by atoms with Crippen molar-refractivity contribution in [3.8, 4) is 17.6 Å². The number of aryl methyl sites for hydroxylation is 2. The van der Waals surface area contributed by atoms with Crippen LogP contribution in [0.2, 0.25) is 5.02 Å². The van der Waals surface area contributed by atoms with Crippen LogP contribution in [-0.4, -0.2) is 49.5 Å². The number of fused-ring (bicyclic) bond motifs is 1. The molecule has 230 valence electrons. The third-order valence-electron chi connectivity index (χ3n) is 7.90. The standard InChI is InChI=1S/C34H31ClF4N2O3/c1-21-6-11-27(29(35)16-21)28-5-2-4-24-17-22(19-40)18-30(44-33(42)34(37,38)39)32(24)31(28)23-7-9-25(10-8-23)43-26-12-15-41(20-26)14-3-13-36/h6-11,16-18,26H,2-5,12-15,20H2,1H3/t26-/m0/s1. The second-order valence-electron chi connectivity index (χ2n) is 11.1. The molecular formula is C34H31ClF4N2O3. The first-order valence-electron chi connectivity index (χ1n) is 14.5. The minimum atomic E-state index is -5.23. The van der Waals surface area contributed by atoms with E-state index >= 15 is 0 Å². The summed E-state index contributed by atoms with van der Waals surface area (Å²) in [6, 6.07) is 17.7. The summed E-state index contributed by atoms with van der Waals surface area (Å²) in [5.41, 5.74) is 4.70. The lowest BCUT2D eigenvalue weighted by Crippen LogP contribution is -2.28. The Balaban J connectivity index is 1.61. The fraction of sp³-hybridized carbons (Fsp3) is 0.353. The molecule has 5 nitrogen and oxygen atoms in total. The number of benzene rings is 3. The molecule has 1 atom stereocenters. The maximum atomic E-state index is 13.4. The molecule has 2 aliphatic rings. The molecule has 3 aromatic carbocycles. The number of esters is 1. The molecule has 5 rings (SSSR count). The summed E-state index contributed by atoms with van der Waals surface area (Å²) in [7, 11) is 0. The van der Waals surface area contributed by atoms with Crippen LogP contribution in [0.15, 0.2) is 54.6 Å². The van der Waals surface area contributed by atoms with E-state index in [0.29, 0.717) is 71.8 Å². The van der Waals surface area contributed by atoms with Crippen molar-refractivity contribution in [1.29, 1.82) is 5.26 Å². The topological polar surface area (TPSA) is 62.6 Å². The van der Waals surface area contributed by atoms with Crippen LogP contribution < -0.4 is 9.47 Å². The second kappa shape index (κ2) is 13.4. The Morgan fingerprint density at radius 1 is 1.11 bits per heavy atom. The lowest BCUT2D eigenvalue weighted by molar-refractivity contribution is -0.189. The summed E-state index contributed by atoms with van der Waals surface area (Å²) in [6.45, 7) is 3.77. The Kier molecular flexibility index (Phi) is 9.62. The number of nitrogens with zero attached hydrogens (tertiary/aromatic N) is 2. The van der Waals surface area contributed by atoms with E-state index in [2.05, 4.69) is 4.90 Å². The van der Waals surface area contributed by atoms with Crippen molar-refractivity contribution in [2.24, 2.45) is 0 Å². The molecule has 1 saturated heterocycles. The number of hydrogen-bond acceptors (Lipinski definition) is 5. The summed E-state index contributed by atoms with van der Waals surface area (Å²) < 4.78 is 63.9. The third kappa shape index (κ3) is 7.09. The highest BCUT2D eigenvalue weighted by atomic mass is 35.5. The molecule has 0 amide bonds. The molecule has 1 fully saturated rings. The van der Waals surface area contributed by atoms with E-state index in [-0.39, 0.29) is 24.1 Å². The van der Waals surface area contributed by atoms with Crippen LogP contribution in [0.1, 0.15) is 59.1 Å². The monoisotopic (exact) mass is 626 g/mol. The van der Waals surface area contributed by atoms with Crippen LogP contribution in [0.25, 0.3) is 11.1 Å². The first-order chi connectivity index (χ1) is 21.1. The number of nitriles is 1. The molecule has 0 bridgehead atoms. The minimum Gasteiger partial charge on any atom is -0.489 e. The second-order valence-corrected chi connectivity index (χ2v) is 11.5. The number of halogens is 5. The van der Waals surface area contributed by atoms with Gasteiger partial charge in [0.2, 0.25) is 0 Å². The highest BCUT2D eigenvalue weighted by Gasteiger charge is 2.42. The number of allylic oxidation sites excluding steroid dienone is 1. The van der Waals surface area contributed by atoms with Gasteiger partial charge in [-0.05, 0) is 103 Å². The van der Waals surface area contributed by atoms with Gasteiger partial charge >= 0.3 is 12.1 Å². The first-order valence-corrected chi connectivity index (χ1v) is 14.9. The lowest BCUT2D eigenvalue weighted by Gasteiger charge is -2.21. The fourth-order valence-electron chi connectivity index (χ4n) is 5.91. The maximum absolute atomic E-state index is 13.4. The molecule has 1 aliphatic carbocycles. The number of hydrogen-bond donors (Lipinski definition) is 0. The molecule has 1 heterocycles. The lowest BCUT2D eigenvalue weighted by atomic mass is 9.86. The van der Waals surface area contributed by atoms with Gasteiger partial charge < -0.3 is 9.47 Å². The smallest absolute Gasteiger partial charge is 0.489 e. The maximum Gasteiger partial charge on any atom is 0.491 e. The molecule has 1 aliphatic heterocycles. The van der Waals surface area contributed by atoms with Gasteiger partial charge in [0.05, 0.1) is 18.3 Å². The SMILES string of the molecule is Cc1ccc(C2=C(c3ccc(O[C@H]4CCN(CCCF)C4)cc3)c3c(cc(C#N)cc3OC(=O)C(F)(F)F)CCC2)c(Cl)c1. The van der Waals surface area contributed by atoms with Crippen molar-refractivity contribution in [2.75, 3.05) is 26.3 Å². The largest absolute Gasteiger partial charge is 0.491 e. The summed E-state index contributed by atoms with van der Waals surface area (Å²) in [5, 5.41) is 10.1. The van der Waals surface area contributed by atoms with Crippen LogP contribution in [-0.2, 0) is 11.2 Å². The van der Waals surface area contributed by atoms with Gasteiger partial charge in [0.15, 0.2) is 0 Å². The predicted octanol–water partition coefficient (Wildman–Crippen LogP) is 8.10. The summed E-state index contributed by atoms with van der Waals surface area (Å²) in [5.74, 6) is -2.08. The predicted molar refractivity (Wildman–Crippen MR) is 160 cm³/mol. The van der Waals surface area contributed by atoms with Gasteiger partial charge in [-0.2, -0.15) is 18.4 Å². The number of rotatable bonds is 8. The van der Waals surface area contributed by atoms with E-state index < -0.39 is 12.1 Å². The van der Waals surface area contributed by atoms with Gasteiger partial charge in [0.25, 0.3) is 0 Å². The van der Waals surface area contributed by atoms with Gasteiger partial charge in [-0.1, -0.05) is 35.9 Å². The van der Waals surface area contributed by atoms with Crippen molar-refractivity contribution < 1.29 is 31.8 Å². The number of ether oxygens (including phenoxy) is 2. The van der Waals surface area contributed by atoms with Gasteiger partial charge in [-0.25, -0.2) is 4.79 Å². The molecule has 3 aromatic rings. The average molecular weight is 627 g/mol. The molecule has 0 radical (unpaired) electrons. The van der Waals surface area contributed by atoms with Gasteiger partial charge in [0.1, 0.15) is 17.6 Å². The number of alkyl halides is 4. The molecule has 0 unspecified atom stereocenters. The number of carbonyl (C=O) groups is 1. The number of carbonyl (C=O) groups excluding carboxylic acids is 1. The van der Waals surface area contributed by atoms with Crippen LogP contribution in [0.3, 0.4) is 0 Å². The van der Waals surface area contributed by atoms with E-state index in [4.69, 9.17) is 21.1 Å². The van der Waals surface area contributed by atoms with Crippen LogP contribution in [0.5, 0.6) is 11.5 Å². The van der Waals surface area contributed by atoms with Crippen molar-refractivity contribution in [3.63, 3.8) is 0 Å². The number of likely N-dealkylation sites (tertiary alicyclic amines) is 1. The highest BCUT2D eigenvalue weighted by molar-refractivity contribution is 6.33. The van der Waals surface area contributed by atoms with Crippen LogP contribution in [0.4, 0.5) is 17.6 Å². The zero-order chi connectivity index (χ0) is 31.4. The van der Waals surface area contributed by atoms with Crippen molar-refractivity contribution in [1.82, 2.24) is 4.90 Å². The van der Waals surface area contributed by atoms with Crippen molar-refractivity contribution in [3.05, 3.63) is 93.0 Å². The molecule has 0 spiro atoms.